The van der Waals surface area contributed by atoms with Crippen molar-refractivity contribution in [3.63, 3.8) is 0 Å². The quantitative estimate of drug-likeness (QED) is 0.560. The van der Waals surface area contributed by atoms with Crippen molar-refractivity contribution in [1.29, 1.82) is 0 Å². The molecule has 8 nitrogen and oxygen atoms in total. The van der Waals surface area contributed by atoms with E-state index in [1.54, 1.807) is 12.4 Å². The Morgan fingerprint density at radius 3 is 2.24 bits per heavy atom. The molecule has 0 saturated heterocycles. The Bertz CT molecular complexity index is 1140. The highest BCUT2D eigenvalue weighted by Gasteiger charge is 2.44. The maximum absolute atomic E-state index is 5.59. The van der Waals surface area contributed by atoms with Gasteiger partial charge in [-0.1, -0.05) is 41.0 Å². The molecular formula is C21H20N6O2. The Morgan fingerprint density at radius 1 is 0.931 bits per heavy atom. The summed E-state index contributed by atoms with van der Waals surface area (Å²) in [7, 11) is 0. The molecule has 8 heteroatoms. The number of aryl methyl sites for hydroxylation is 2. The minimum Gasteiger partial charge on any atom is -0.368 e. The van der Waals surface area contributed by atoms with Crippen LogP contribution in [0.25, 0.3) is 22.6 Å². The number of nitrogens with zero attached hydrogens (tertiary/aromatic N) is 5. The largest absolute Gasteiger partial charge is 0.368 e. The van der Waals surface area contributed by atoms with Crippen LogP contribution < -0.4 is 5.73 Å². The van der Waals surface area contributed by atoms with Crippen molar-refractivity contribution >= 4 is 5.95 Å². The zero-order valence-corrected chi connectivity index (χ0v) is 16.2. The Kier molecular flexibility index (Phi) is 3.94. The number of hydrogen-bond acceptors (Lipinski definition) is 8. The molecule has 1 fully saturated rings. The predicted molar refractivity (Wildman–Crippen MR) is 106 cm³/mol. The van der Waals surface area contributed by atoms with Gasteiger partial charge in [0.25, 0.3) is 5.89 Å². The fourth-order valence-electron chi connectivity index (χ4n) is 3.95. The summed E-state index contributed by atoms with van der Waals surface area (Å²) in [5.74, 6) is 2.11. The average Bonchev–Trinajstić information content (AvgIpc) is 3.29. The van der Waals surface area contributed by atoms with Crippen molar-refractivity contribution < 1.29 is 9.05 Å². The number of aromatic nitrogens is 5. The number of hydrogen-bond donors (Lipinski definition) is 1. The lowest BCUT2D eigenvalue weighted by Crippen LogP contribution is -2.36. The second-order valence-electron chi connectivity index (χ2n) is 7.47. The number of benzene rings is 1. The van der Waals surface area contributed by atoms with Gasteiger partial charge in [0.05, 0.1) is 11.1 Å². The molecule has 29 heavy (non-hydrogen) atoms. The van der Waals surface area contributed by atoms with E-state index in [1.165, 1.54) is 5.56 Å². The van der Waals surface area contributed by atoms with E-state index >= 15 is 0 Å². The van der Waals surface area contributed by atoms with Crippen molar-refractivity contribution in [3.05, 3.63) is 59.5 Å². The third-order valence-corrected chi connectivity index (χ3v) is 5.75. The van der Waals surface area contributed by atoms with Gasteiger partial charge in [0, 0.05) is 18.0 Å². The fourth-order valence-corrected chi connectivity index (χ4v) is 3.95. The molecule has 146 valence electrons. The number of anilines is 1. The van der Waals surface area contributed by atoms with Crippen LogP contribution in [0.5, 0.6) is 0 Å². The zero-order valence-electron chi connectivity index (χ0n) is 16.2. The molecule has 0 bridgehead atoms. The van der Waals surface area contributed by atoms with Gasteiger partial charge in [-0.25, -0.2) is 9.97 Å². The van der Waals surface area contributed by atoms with Gasteiger partial charge in [-0.15, -0.1) is 0 Å². The predicted octanol–water partition coefficient (Wildman–Crippen LogP) is 3.85. The molecule has 4 aromatic rings. The summed E-state index contributed by atoms with van der Waals surface area (Å²) >= 11 is 0. The van der Waals surface area contributed by atoms with Crippen LogP contribution in [0.3, 0.4) is 0 Å². The Morgan fingerprint density at radius 2 is 1.66 bits per heavy atom. The third-order valence-electron chi connectivity index (χ3n) is 5.75. The number of rotatable bonds is 4. The summed E-state index contributed by atoms with van der Waals surface area (Å²) in [5, 5.41) is 8.31. The fraction of sp³-hybridized carbons (Fsp3) is 0.286. The maximum atomic E-state index is 5.59. The normalized spacial score (nSPS) is 15.2. The molecule has 0 radical (unpaired) electrons. The van der Waals surface area contributed by atoms with Crippen LogP contribution in [0.15, 0.2) is 45.7 Å². The molecule has 0 unspecified atom stereocenters. The second kappa shape index (κ2) is 6.51. The van der Waals surface area contributed by atoms with Gasteiger partial charge in [0.15, 0.2) is 5.82 Å². The Hall–Kier alpha value is -3.55. The molecule has 0 atom stereocenters. The van der Waals surface area contributed by atoms with E-state index < -0.39 is 0 Å². The van der Waals surface area contributed by atoms with Gasteiger partial charge < -0.3 is 14.8 Å². The number of nitrogen functional groups attached to an aromatic ring is 1. The van der Waals surface area contributed by atoms with Crippen LogP contribution in [-0.2, 0) is 5.41 Å². The van der Waals surface area contributed by atoms with Gasteiger partial charge >= 0.3 is 0 Å². The van der Waals surface area contributed by atoms with Crippen LogP contribution in [0, 0.1) is 13.8 Å². The van der Waals surface area contributed by atoms with E-state index in [-0.39, 0.29) is 11.4 Å². The lowest BCUT2D eigenvalue weighted by Gasteiger charge is -2.39. The van der Waals surface area contributed by atoms with E-state index in [2.05, 4.69) is 44.5 Å². The van der Waals surface area contributed by atoms with Crippen LogP contribution in [0.4, 0.5) is 5.95 Å². The molecule has 5 rings (SSSR count). The van der Waals surface area contributed by atoms with Gasteiger partial charge in [0.2, 0.25) is 5.95 Å². The lowest BCUT2D eigenvalue weighted by molar-refractivity contribution is 0.273. The second-order valence-corrected chi connectivity index (χ2v) is 7.47. The van der Waals surface area contributed by atoms with Crippen LogP contribution in [-0.4, -0.2) is 25.3 Å². The van der Waals surface area contributed by atoms with Crippen molar-refractivity contribution in [1.82, 2.24) is 25.3 Å². The summed E-state index contributed by atoms with van der Waals surface area (Å²) in [6, 6.07) is 8.38. The third kappa shape index (κ3) is 2.79. The summed E-state index contributed by atoms with van der Waals surface area (Å²) in [6.07, 6.45) is 6.55. The monoisotopic (exact) mass is 388 g/mol. The highest BCUT2D eigenvalue weighted by molar-refractivity contribution is 5.63. The van der Waals surface area contributed by atoms with Gasteiger partial charge in [-0.05, 0) is 37.8 Å². The molecule has 3 aromatic heterocycles. The van der Waals surface area contributed by atoms with E-state index in [9.17, 15) is 0 Å². The standard InChI is InChI=1S/C21H20N6O2/c1-12-17(13(2)28-26-12)18-25-19(27-29-18)21(8-3-9-21)16-6-4-14(5-7-16)15-10-23-20(22)24-11-15/h4-7,10-11H,3,8-9H2,1-2H3,(H2,22,23,24). The van der Waals surface area contributed by atoms with Crippen molar-refractivity contribution in [2.24, 2.45) is 0 Å². The average molecular weight is 388 g/mol. The molecule has 3 heterocycles. The van der Waals surface area contributed by atoms with E-state index in [0.717, 1.165) is 41.6 Å². The summed E-state index contributed by atoms with van der Waals surface area (Å²) in [5.41, 5.74) is 10.0. The summed E-state index contributed by atoms with van der Waals surface area (Å²) < 4.78 is 10.8. The molecule has 0 spiro atoms. The first-order chi connectivity index (χ1) is 14.1. The van der Waals surface area contributed by atoms with E-state index in [0.29, 0.717) is 17.5 Å². The highest BCUT2D eigenvalue weighted by Crippen LogP contribution is 2.48. The highest BCUT2D eigenvalue weighted by atomic mass is 16.5. The first-order valence-corrected chi connectivity index (χ1v) is 9.53. The van der Waals surface area contributed by atoms with E-state index in [1.807, 2.05) is 13.8 Å². The Balaban J connectivity index is 1.49. The minimum atomic E-state index is -0.225. The molecule has 1 aliphatic carbocycles. The first kappa shape index (κ1) is 17.5. The lowest BCUT2D eigenvalue weighted by atomic mass is 9.64. The molecule has 1 saturated carbocycles. The van der Waals surface area contributed by atoms with Gasteiger partial charge in [-0.3, -0.25) is 0 Å². The molecule has 1 aromatic carbocycles. The summed E-state index contributed by atoms with van der Waals surface area (Å²) in [4.78, 5) is 12.9. The topological polar surface area (TPSA) is 117 Å². The maximum Gasteiger partial charge on any atom is 0.263 e. The molecule has 0 amide bonds. The zero-order chi connectivity index (χ0) is 20.0. The first-order valence-electron chi connectivity index (χ1n) is 9.53. The molecule has 0 aliphatic heterocycles. The summed E-state index contributed by atoms with van der Waals surface area (Å²) in [6.45, 7) is 3.71. The SMILES string of the molecule is Cc1noc(C)c1-c1nc(C2(c3ccc(-c4cnc(N)nc4)cc3)CCC2)no1. The van der Waals surface area contributed by atoms with Crippen LogP contribution in [0.2, 0.25) is 0 Å². The molecule has 1 aliphatic rings. The van der Waals surface area contributed by atoms with Crippen LogP contribution >= 0.6 is 0 Å². The van der Waals surface area contributed by atoms with Crippen LogP contribution in [0.1, 0.15) is 42.1 Å². The molecular weight excluding hydrogens is 368 g/mol. The molecule has 2 N–H and O–H groups in total. The Labute approximate surface area is 167 Å². The smallest absolute Gasteiger partial charge is 0.263 e. The van der Waals surface area contributed by atoms with Gasteiger partial charge in [-0.2, -0.15) is 4.98 Å². The van der Waals surface area contributed by atoms with Crippen molar-refractivity contribution in [2.45, 2.75) is 38.5 Å². The van der Waals surface area contributed by atoms with Crippen molar-refractivity contribution in [3.8, 4) is 22.6 Å². The van der Waals surface area contributed by atoms with Crippen molar-refractivity contribution in [2.75, 3.05) is 5.73 Å². The minimum absolute atomic E-state index is 0.225. The van der Waals surface area contributed by atoms with Gasteiger partial charge in [0.1, 0.15) is 11.3 Å². The number of nitrogens with two attached hydrogens (primary N) is 1. The van der Waals surface area contributed by atoms with E-state index in [4.69, 9.17) is 19.8 Å².